The monoisotopic (exact) mass is 392 g/mol. The van der Waals surface area contributed by atoms with E-state index in [-0.39, 0.29) is 23.8 Å². The molecule has 0 aliphatic rings. The highest BCUT2D eigenvalue weighted by Gasteiger charge is 2.12. The van der Waals surface area contributed by atoms with Gasteiger partial charge in [-0.05, 0) is 48.4 Å². The molecule has 7 nitrogen and oxygen atoms in total. The van der Waals surface area contributed by atoms with Crippen LogP contribution >= 0.6 is 0 Å². The van der Waals surface area contributed by atoms with E-state index in [1.54, 1.807) is 24.3 Å². The predicted octanol–water partition coefficient (Wildman–Crippen LogP) is 3.05. The van der Waals surface area contributed by atoms with Crippen LogP contribution in [-0.4, -0.2) is 30.9 Å². The second-order valence-electron chi connectivity index (χ2n) is 6.17. The Morgan fingerprint density at radius 3 is 2.34 bits per heavy atom. The van der Waals surface area contributed by atoms with Crippen LogP contribution in [-0.2, 0) is 16.0 Å². The highest BCUT2D eigenvalue weighted by atomic mass is 16.5. The number of amides is 2. The van der Waals surface area contributed by atoms with Gasteiger partial charge in [0.15, 0.2) is 12.4 Å². The molecular weight excluding hydrogens is 372 g/mol. The molecule has 0 saturated heterocycles. The summed E-state index contributed by atoms with van der Waals surface area (Å²) in [5, 5.41) is 5.36. The second kappa shape index (κ2) is 9.89. The number of nitrogens with one attached hydrogen (secondary N) is 2. The standard InChI is InChI=1S/C22H20N2O5/c25-20(23-13-12-16-5-2-1-3-6-16)15-29-22(27)17-8-10-18(11-9-17)24-21(26)19-7-4-14-28-19/h1-11,14H,12-13,15H2,(H,23,25)(H,24,26). The van der Waals surface area contributed by atoms with Crippen molar-refractivity contribution in [2.75, 3.05) is 18.5 Å². The van der Waals surface area contributed by atoms with Crippen molar-refractivity contribution >= 4 is 23.5 Å². The van der Waals surface area contributed by atoms with Gasteiger partial charge >= 0.3 is 5.97 Å². The fraction of sp³-hybridized carbons (Fsp3) is 0.136. The average molecular weight is 392 g/mol. The van der Waals surface area contributed by atoms with Crippen molar-refractivity contribution in [2.45, 2.75) is 6.42 Å². The summed E-state index contributed by atoms with van der Waals surface area (Å²) in [6.45, 7) is 0.106. The Labute approximate surface area is 167 Å². The molecule has 3 aromatic rings. The fourth-order valence-electron chi connectivity index (χ4n) is 2.55. The third-order valence-corrected chi connectivity index (χ3v) is 4.04. The summed E-state index contributed by atoms with van der Waals surface area (Å²) in [6.07, 6.45) is 2.11. The van der Waals surface area contributed by atoms with Crippen LogP contribution in [0, 0.1) is 0 Å². The van der Waals surface area contributed by atoms with Crippen LogP contribution < -0.4 is 10.6 Å². The Bertz CT molecular complexity index is 951. The molecular formula is C22H20N2O5. The number of carbonyl (C=O) groups is 3. The first-order chi connectivity index (χ1) is 14.1. The van der Waals surface area contributed by atoms with Gasteiger partial charge in [-0.15, -0.1) is 0 Å². The lowest BCUT2D eigenvalue weighted by Gasteiger charge is -2.08. The van der Waals surface area contributed by atoms with E-state index >= 15 is 0 Å². The van der Waals surface area contributed by atoms with Gasteiger partial charge in [0.05, 0.1) is 11.8 Å². The van der Waals surface area contributed by atoms with Gasteiger partial charge in [-0.2, -0.15) is 0 Å². The SMILES string of the molecule is O=C(COC(=O)c1ccc(NC(=O)c2ccco2)cc1)NCCc1ccccc1. The van der Waals surface area contributed by atoms with Gasteiger partial charge in [-0.25, -0.2) is 4.79 Å². The van der Waals surface area contributed by atoms with E-state index in [0.29, 0.717) is 18.7 Å². The Balaban J connectivity index is 1.40. The molecule has 0 spiro atoms. The van der Waals surface area contributed by atoms with Crippen LogP contribution in [0.15, 0.2) is 77.4 Å². The van der Waals surface area contributed by atoms with Crippen molar-refractivity contribution in [2.24, 2.45) is 0 Å². The molecule has 29 heavy (non-hydrogen) atoms. The molecule has 0 saturated carbocycles. The lowest BCUT2D eigenvalue weighted by Crippen LogP contribution is -2.30. The number of carbonyl (C=O) groups excluding carboxylic acids is 3. The fourth-order valence-corrected chi connectivity index (χ4v) is 2.55. The number of hydrogen-bond acceptors (Lipinski definition) is 5. The third kappa shape index (κ3) is 6.07. The Morgan fingerprint density at radius 2 is 1.66 bits per heavy atom. The zero-order valence-electron chi connectivity index (χ0n) is 15.6. The number of esters is 1. The molecule has 7 heteroatoms. The molecule has 0 bridgehead atoms. The first-order valence-corrected chi connectivity index (χ1v) is 9.04. The van der Waals surface area contributed by atoms with Crippen molar-refractivity contribution in [3.63, 3.8) is 0 Å². The van der Waals surface area contributed by atoms with E-state index < -0.39 is 11.9 Å². The molecule has 1 aromatic heterocycles. The van der Waals surface area contributed by atoms with Crippen LogP contribution in [0.4, 0.5) is 5.69 Å². The van der Waals surface area contributed by atoms with Gasteiger partial charge in [-0.1, -0.05) is 30.3 Å². The van der Waals surface area contributed by atoms with Gasteiger partial charge in [-0.3, -0.25) is 9.59 Å². The van der Waals surface area contributed by atoms with Crippen LogP contribution in [0.3, 0.4) is 0 Å². The summed E-state index contributed by atoms with van der Waals surface area (Å²) in [6, 6.07) is 19.1. The number of hydrogen-bond donors (Lipinski definition) is 2. The molecule has 2 amide bonds. The van der Waals surface area contributed by atoms with E-state index in [1.165, 1.54) is 18.4 Å². The van der Waals surface area contributed by atoms with Crippen molar-refractivity contribution in [3.8, 4) is 0 Å². The molecule has 0 atom stereocenters. The molecule has 0 aliphatic heterocycles. The van der Waals surface area contributed by atoms with E-state index in [0.717, 1.165) is 5.56 Å². The normalized spacial score (nSPS) is 10.2. The first kappa shape index (κ1) is 19.9. The van der Waals surface area contributed by atoms with Gasteiger partial charge in [0.1, 0.15) is 0 Å². The summed E-state index contributed by atoms with van der Waals surface area (Å²) in [7, 11) is 0. The molecule has 3 rings (SSSR count). The summed E-state index contributed by atoms with van der Waals surface area (Å²) in [5.41, 5.74) is 1.89. The number of anilines is 1. The van der Waals surface area contributed by atoms with Crippen LogP contribution in [0.25, 0.3) is 0 Å². The molecule has 0 aliphatic carbocycles. The highest BCUT2D eigenvalue weighted by Crippen LogP contribution is 2.12. The zero-order chi connectivity index (χ0) is 20.5. The molecule has 0 fully saturated rings. The number of furan rings is 1. The summed E-state index contributed by atoms with van der Waals surface area (Å²) < 4.78 is 10.0. The minimum atomic E-state index is -0.618. The van der Waals surface area contributed by atoms with E-state index in [9.17, 15) is 14.4 Å². The maximum atomic E-state index is 12.1. The predicted molar refractivity (Wildman–Crippen MR) is 107 cm³/mol. The molecule has 2 N–H and O–H groups in total. The van der Waals surface area contributed by atoms with Crippen molar-refractivity contribution < 1.29 is 23.5 Å². The zero-order valence-corrected chi connectivity index (χ0v) is 15.6. The van der Waals surface area contributed by atoms with Gasteiger partial charge in [0.25, 0.3) is 11.8 Å². The van der Waals surface area contributed by atoms with Gasteiger partial charge < -0.3 is 19.8 Å². The van der Waals surface area contributed by atoms with Crippen LogP contribution in [0.5, 0.6) is 0 Å². The lowest BCUT2D eigenvalue weighted by atomic mass is 10.1. The largest absolute Gasteiger partial charge is 0.459 e. The van der Waals surface area contributed by atoms with Crippen molar-refractivity contribution in [3.05, 3.63) is 89.9 Å². The van der Waals surface area contributed by atoms with Gasteiger partial charge in [0, 0.05) is 12.2 Å². The summed E-state index contributed by atoms with van der Waals surface area (Å²) in [4.78, 5) is 35.8. The molecule has 0 radical (unpaired) electrons. The molecule has 0 unspecified atom stereocenters. The maximum Gasteiger partial charge on any atom is 0.338 e. The molecule has 2 aromatic carbocycles. The van der Waals surface area contributed by atoms with E-state index in [2.05, 4.69) is 10.6 Å². The van der Waals surface area contributed by atoms with Crippen LogP contribution in [0.1, 0.15) is 26.5 Å². The minimum Gasteiger partial charge on any atom is -0.459 e. The minimum absolute atomic E-state index is 0.187. The summed E-state index contributed by atoms with van der Waals surface area (Å²) in [5.74, 6) is -1.19. The Hall–Kier alpha value is -3.87. The number of ether oxygens (including phenoxy) is 1. The van der Waals surface area contributed by atoms with Crippen molar-refractivity contribution in [1.29, 1.82) is 0 Å². The molecule has 1 heterocycles. The maximum absolute atomic E-state index is 12.1. The lowest BCUT2D eigenvalue weighted by molar-refractivity contribution is -0.124. The van der Waals surface area contributed by atoms with Crippen molar-refractivity contribution in [1.82, 2.24) is 5.32 Å². The van der Waals surface area contributed by atoms with E-state index in [1.807, 2.05) is 30.3 Å². The van der Waals surface area contributed by atoms with Crippen LogP contribution in [0.2, 0.25) is 0 Å². The van der Waals surface area contributed by atoms with E-state index in [4.69, 9.17) is 9.15 Å². The topological polar surface area (TPSA) is 97.6 Å². The number of rotatable bonds is 8. The first-order valence-electron chi connectivity index (χ1n) is 9.04. The number of benzene rings is 2. The third-order valence-electron chi connectivity index (χ3n) is 4.04. The second-order valence-corrected chi connectivity index (χ2v) is 6.17. The highest BCUT2D eigenvalue weighted by molar-refractivity contribution is 6.02. The smallest absolute Gasteiger partial charge is 0.338 e. The van der Waals surface area contributed by atoms with Gasteiger partial charge in [0.2, 0.25) is 0 Å². The molecule has 148 valence electrons. The summed E-state index contributed by atoms with van der Waals surface area (Å²) >= 11 is 0. The average Bonchev–Trinajstić information content (AvgIpc) is 3.28. The Morgan fingerprint density at radius 1 is 0.897 bits per heavy atom. The Kier molecular flexibility index (Phi) is 6.78. The quantitative estimate of drug-likeness (QED) is 0.574.